The van der Waals surface area contributed by atoms with Crippen LogP contribution in [0.4, 0.5) is 11.4 Å². The van der Waals surface area contributed by atoms with E-state index in [0.717, 1.165) is 44.7 Å². The molecule has 7 heteroatoms. The molecule has 2 aliphatic rings. The Labute approximate surface area is 167 Å². The molecule has 146 valence electrons. The lowest BCUT2D eigenvalue weighted by Crippen LogP contribution is -2.43. The first-order chi connectivity index (χ1) is 12.6. The Morgan fingerprint density at radius 3 is 2.26 bits per heavy atom. The van der Waals surface area contributed by atoms with Gasteiger partial charge in [-0.25, -0.2) is 8.42 Å². The molecule has 0 spiro atoms. The molecule has 1 saturated heterocycles. The van der Waals surface area contributed by atoms with Crippen LogP contribution in [0.15, 0.2) is 47.4 Å². The summed E-state index contributed by atoms with van der Waals surface area (Å²) in [5, 5.41) is 3.32. The molecule has 0 radical (unpaired) electrons. The van der Waals surface area contributed by atoms with E-state index >= 15 is 0 Å². The van der Waals surface area contributed by atoms with Gasteiger partial charge in [-0.3, -0.25) is 4.72 Å². The molecule has 2 N–H and O–H groups in total. The second kappa shape index (κ2) is 8.50. The van der Waals surface area contributed by atoms with Crippen LogP contribution >= 0.6 is 12.4 Å². The molecule has 5 nitrogen and oxygen atoms in total. The number of hydrogen-bond acceptors (Lipinski definition) is 4. The number of nitrogens with zero attached hydrogens (tertiary/aromatic N) is 1. The van der Waals surface area contributed by atoms with Gasteiger partial charge >= 0.3 is 0 Å². The second-order valence-corrected chi connectivity index (χ2v) is 8.71. The Kier molecular flexibility index (Phi) is 6.29. The fraction of sp³-hybridized carbons (Fsp3) is 0.400. The van der Waals surface area contributed by atoms with Crippen molar-refractivity contribution in [3.8, 4) is 0 Å². The molecule has 1 heterocycles. The van der Waals surface area contributed by atoms with E-state index in [1.54, 1.807) is 12.1 Å². The minimum absolute atomic E-state index is 0. The van der Waals surface area contributed by atoms with Crippen LogP contribution in [0.1, 0.15) is 24.0 Å². The number of hydrogen-bond donors (Lipinski definition) is 2. The van der Waals surface area contributed by atoms with Gasteiger partial charge in [-0.15, -0.1) is 12.4 Å². The number of rotatable bonds is 4. The van der Waals surface area contributed by atoms with E-state index in [4.69, 9.17) is 0 Å². The largest absolute Gasteiger partial charge is 0.369 e. The summed E-state index contributed by atoms with van der Waals surface area (Å²) in [7, 11) is -3.57. The number of benzene rings is 2. The van der Waals surface area contributed by atoms with Crippen molar-refractivity contribution < 1.29 is 8.42 Å². The van der Waals surface area contributed by atoms with Crippen LogP contribution in [0.2, 0.25) is 0 Å². The zero-order valence-corrected chi connectivity index (χ0v) is 16.9. The van der Waals surface area contributed by atoms with Gasteiger partial charge in [0.1, 0.15) is 0 Å². The molecule has 0 saturated carbocycles. The third kappa shape index (κ3) is 4.57. The molecule has 0 bridgehead atoms. The van der Waals surface area contributed by atoms with Crippen LogP contribution in [0.5, 0.6) is 0 Å². The van der Waals surface area contributed by atoms with Crippen molar-refractivity contribution in [2.24, 2.45) is 0 Å². The highest BCUT2D eigenvalue weighted by atomic mass is 35.5. The second-order valence-electron chi connectivity index (χ2n) is 7.03. The first kappa shape index (κ1) is 20.0. The topological polar surface area (TPSA) is 61.4 Å². The maximum Gasteiger partial charge on any atom is 0.261 e. The molecule has 0 unspecified atom stereocenters. The highest BCUT2D eigenvalue weighted by Gasteiger charge is 2.17. The number of fused-ring (bicyclic) bond motifs is 1. The van der Waals surface area contributed by atoms with Crippen LogP contribution in [0.3, 0.4) is 0 Å². The number of sulfonamides is 1. The zero-order valence-electron chi connectivity index (χ0n) is 15.3. The smallest absolute Gasteiger partial charge is 0.261 e. The summed E-state index contributed by atoms with van der Waals surface area (Å²) in [4.78, 5) is 2.57. The van der Waals surface area contributed by atoms with Gasteiger partial charge in [0.2, 0.25) is 0 Å². The standard InChI is InChI=1S/C20H25N3O2S.ClH/c24-26(25,22-18-6-5-16-3-1-2-4-17(16)15-18)20-9-7-19(8-10-20)23-13-11-21-12-14-23;/h5-10,15,21-22H,1-4,11-14H2;1H. The molecule has 1 aliphatic heterocycles. The van der Waals surface area contributed by atoms with Crippen molar-refractivity contribution in [3.63, 3.8) is 0 Å². The lowest BCUT2D eigenvalue weighted by molar-refractivity contribution is 0.589. The highest BCUT2D eigenvalue weighted by Crippen LogP contribution is 2.26. The maximum absolute atomic E-state index is 12.7. The summed E-state index contributed by atoms with van der Waals surface area (Å²) in [6, 6.07) is 13.1. The normalized spacial score (nSPS) is 17.0. The van der Waals surface area contributed by atoms with E-state index in [1.807, 2.05) is 24.3 Å². The van der Waals surface area contributed by atoms with Gasteiger partial charge in [0.25, 0.3) is 10.0 Å². The Balaban J connectivity index is 0.00000210. The molecule has 0 amide bonds. The molecule has 0 atom stereocenters. The summed E-state index contributed by atoms with van der Waals surface area (Å²) < 4.78 is 28.2. The average Bonchev–Trinajstić information content (AvgIpc) is 2.68. The van der Waals surface area contributed by atoms with E-state index in [0.29, 0.717) is 10.6 Å². The average molecular weight is 408 g/mol. The number of aryl methyl sites for hydroxylation is 2. The van der Waals surface area contributed by atoms with Crippen LogP contribution in [0, 0.1) is 0 Å². The van der Waals surface area contributed by atoms with Gasteiger partial charge < -0.3 is 10.2 Å². The van der Waals surface area contributed by atoms with Crippen molar-refractivity contribution in [2.45, 2.75) is 30.6 Å². The summed E-state index contributed by atoms with van der Waals surface area (Å²) in [5.41, 5.74) is 4.33. The minimum Gasteiger partial charge on any atom is -0.369 e. The van der Waals surface area contributed by atoms with Gasteiger partial charge in [-0.2, -0.15) is 0 Å². The third-order valence-electron chi connectivity index (χ3n) is 5.23. The van der Waals surface area contributed by atoms with Crippen LogP contribution in [0.25, 0.3) is 0 Å². The van der Waals surface area contributed by atoms with Crippen molar-refractivity contribution >= 4 is 33.8 Å². The molecular formula is C20H26ClN3O2S. The molecule has 1 fully saturated rings. The summed E-state index contributed by atoms with van der Waals surface area (Å²) in [6.07, 6.45) is 4.52. The summed E-state index contributed by atoms with van der Waals surface area (Å²) >= 11 is 0. The fourth-order valence-corrected chi connectivity index (χ4v) is 4.82. The van der Waals surface area contributed by atoms with Gasteiger partial charge in [0.15, 0.2) is 0 Å². The highest BCUT2D eigenvalue weighted by molar-refractivity contribution is 7.92. The molecule has 2 aromatic carbocycles. The number of piperazine rings is 1. The Morgan fingerprint density at radius 2 is 1.56 bits per heavy atom. The van der Waals surface area contributed by atoms with E-state index in [1.165, 1.54) is 24.0 Å². The lowest BCUT2D eigenvalue weighted by atomic mass is 9.91. The number of nitrogens with one attached hydrogen (secondary N) is 2. The molecule has 27 heavy (non-hydrogen) atoms. The van der Waals surface area contributed by atoms with Crippen LogP contribution in [-0.2, 0) is 22.9 Å². The Morgan fingerprint density at radius 1 is 0.889 bits per heavy atom. The Hall–Kier alpha value is -1.76. The van der Waals surface area contributed by atoms with Gasteiger partial charge in [0, 0.05) is 37.6 Å². The van der Waals surface area contributed by atoms with Gasteiger partial charge in [-0.1, -0.05) is 6.07 Å². The SMILES string of the molecule is Cl.O=S(=O)(Nc1ccc2c(c1)CCCC2)c1ccc(N2CCNCC2)cc1. The molecule has 1 aliphatic carbocycles. The third-order valence-corrected chi connectivity index (χ3v) is 6.63. The van der Waals surface area contributed by atoms with E-state index in [-0.39, 0.29) is 12.4 Å². The zero-order chi connectivity index (χ0) is 18.0. The monoisotopic (exact) mass is 407 g/mol. The molecule has 4 rings (SSSR count). The van der Waals surface area contributed by atoms with Crippen molar-refractivity contribution in [1.82, 2.24) is 5.32 Å². The van der Waals surface area contributed by atoms with Crippen LogP contribution < -0.4 is 14.9 Å². The van der Waals surface area contributed by atoms with E-state index in [2.05, 4.69) is 21.0 Å². The maximum atomic E-state index is 12.7. The van der Waals surface area contributed by atoms with Crippen LogP contribution in [-0.4, -0.2) is 34.6 Å². The van der Waals surface area contributed by atoms with Crippen molar-refractivity contribution in [1.29, 1.82) is 0 Å². The summed E-state index contributed by atoms with van der Waals surface area (Å²) in [6.45, 7) is 3.80. The first-order valence-electron chi connectivity index (χ1n) is 9.32. The molecule has 2 aromatic rings. The van der Waals surface area contributed by atoms with E-state index < -0.39 is 10.0 Å². The predicted molar refractivity (Wildman–Crippen MR) is 113 cm³/mol. The summed E-state index contributed by atoms with van der Waals surface area (Å²) in [5.74, 6) is 0. The number of anilines is 2. The van der Waals surface area contributed by atoms with E-state index in [9.17, 15) is 8.42 Å². The van der Waals surface area contributed by atoms with Gasteiger partial charge in [-0.05, 0) is 73.2 Å². The van der Waals surface area contributed by atoms with Crippen molar-refractivity contribution in [3.05, 3.63) is 53.6 Å². The lowest BCUT2D eigenvalue weighted by Gasteiger charge is -2.29. The fourth-order valence-electron chi connectivity index (χ4n) is 3.77. The van der Waals surface area contributed by atoms with Crippen molar-refractivity contribution in [2.75, 3.05) is 35.8 Å². The van der Waals surface area contributed by atoms with Gasteiger partial charge in [0.05, 0.1) is 4.90 Å². The Bertz CT molecular complexity index is 879. The number of halogens is 1. The predicted octanol–water partition coefficient (Wildman–Crippen LogP) is 3.20. The molecular weight excluding hydrogens is 382 g/mol. The molecule has 0 aromatic heterocycles. The first-order valence-corrected chi connectivity index (χ1v) is 10.8. The minimum atomic E-state index is -3.57. The quantitative estimate of drug-likeness (QED) is 0.817.